The van der Waals surface area contributed by atoms with Gasteiger partial charge in [0.2, 0.25) is 0 Å². The van der Waals surface area contributed by atoms with Gasteiger partial charge in [0, 0.05) is 25.7 Å². The number of aliphatic hydroxyl groups is 1. The molecule has 0 rings (SSSR count). The van der Waals surface area contributed by atoms with Gasteiger partial charge in [0.1, 0.15) is 19.3 Å². The lowest BCUT2D eigenvalue weighted by atomic mass is 10.0. The number of hydrogen-bond donors (Lipinski definition) is 3. The summed E-state index contributed by atoms with van der Waals surface area (Å²) in [6, 6.07) is 0. The van der Waals surface area contributed by atoms with Crippen LogP contribution < -0.4 is 0 Å². The molecule has 17 nitrogen and oxygen atoms in total. The van der Waals surface area contributed by atoms with Crippen LogP contribution in [0, 0.1) is 0 Å². The molecule has 0 saturated carbocycles. The molecule has 0 radical (unpaired) electrons. The Morgan fingerprint density at radius 1 is 0.272 bits per heavy atom. The second-order valence-corrected chi connectivity index (χ2v) is 32.4. The van der Waals surface area contributed by atoms with Crippen molar-refractivity contribution >= 4 is 39.5 Å². The minimum Gasteiger partial charge on any atom is -0.462 e. The number of unbranched alkanes of at least 4 members (excludes halogenated alkanes) is 54. The Bertz CT molecular complexity index is 2040. The van der Waals surface area contributed by atoms with E-state index in [1.54, 1.807) is 0 Å². The third-order valence-electron chi connectivity index (χ3n) is 19.2. The SMILES string of the molecule is CCCCCC/C=C\C=C/CCCCCCCC(=O)O[C@H](COC(=O)CCCCCCCCCCC)COP(=O)(O)OC[C@H](O)COP(=O)(O)OC[C@@H](COC(=O)CCCCCCCCCCCCCCCCCCCCC)OC(=O)CCCCCCCCCCCCCCCCCCCCCC. The first kappa shape index (κ1) is 101. The molecule has 5 atom stereocenters. The van der Waals surface area contributed by atoms with Crippen LogP contribution in [0.4, 0.5) is 0 Å². The maximum atomic E-state index is 13.1. The van der Waals surface area contributed by atoms with Gasteiger partial charge in [0.05, 0.1) is 26.4 Å². The Hall–Kier alpha value is -2.46. The predicted molar refractivity (Wildman–Crippen MR) is 423 cm³/mol. The van der Waals surface area contributed by atoms with Gasteiger partial charge in [0.15, 0.2) is 12.2 Å². The number of aliphatic hydroxyl groups excluding tert-OH is 1. The van der Waals surface area contributed by atoms with Crippen LogP contribution in [0.2, 0.25) is 0 Å². The van der Waals surface area contributed by atoms with Crippen LogP contribution in [0.3, 0.4) is 0 Å². The lowest BCUT2D eigenvalue weighted by Crippen LogP contribution is -2.30. The van der Waals surface area contributed by atoms with Crippen LogP contribution in [-0.4, -0.2) is 96.7 Å². The van der Waals surface area contributed by atoms with Gasteiger partial charge in [-0.15, -0.1) is 0 Å². The van der Waals surface area contributed by atoms with Crippen LogP contribution in [0.5, 0.6) is 0 Å². The van der Waals surface area contributed by atoms with Crippen LogP contribution in [-0.2, 0) is 65.4 Å². The topological polar surface area (TPSA) is 237 Å². The number of allylic oxidation sites excluding steroid dienone is 4. The summed E-state index contributed by atoms with van der Waals surface area (Å²) in [5.41, 5.74) is 0. The van der Waals surface area contributed by atoms with Crippen LogP contribution in [0.15, 0.2) is 24.3 Å². The molecule has 2 unspecified atom stereocenters. The van der Waals surface area contributed by atoms with Gasteiger partial charge in [-0.3, -0.25) is 37.3 Å². The van der Waals surface area contributed by atoms with E-state index in [-0.39, 0.29) is 25.7 Å². The van der Waals surface area contributed by atoms with Crippen molar-refractivity contribution in [1.29, 1.82) is 0 Å². The van der Waals surface area contributed by atoms with Crippen molar-refractivity contribution in [3.8, 4) is 0 Å². The van der Waals surface area contributed by atoms with Crippen molar-refractivity contribution in [1.82, 2.24) is 0 Å². The molecule has 0 aromatic carbocycles. The number of phosphoric acid groups is 2. The Balaban J connectivity index is 5.23. The van der Waals surface area contributed by atoms with Gasteiger partial charge in [-0.05, 0) is 51.4 Å². The lowest BCUT2D eigenvalue weighted by molar-refractivity contribution is -0.161. The number of ether oxygens (including phenoxy) is 4. The van der Waals surface area contributed by atoms with Gasteiger partial charge < -0.3 is 33.8 Å². The molecule has 0 aliphatic carbocycles. The van der Waals surface area contributed by atoms with E-state index in [4.69, 9.17) is 37.0 Å². The van der Waals surface area contributed by atoms with Gasteiger partial charge in [-0.2, -0.15) is 0 Å². The van der Waals surface area contributed by atoms with Crippen molar-refractivity contribution < 1.29 is 80.2 Å². The molecule has 0 aliphatic rings. The second-order valence-electron chi connectivity index (χ2n) is 29.5. The fourth-order valence-electron chi connectivity index (χ4n) is 12.6. The first-order chi connectivity index (χ1) is 50.2. The molecule has 0 bridgehead atoms. The number of rotatable bonds is 83. The zero-order chi connectivity index (χ0) is 75.3. The van der Waals surface area contributed by atoms with E-state index < -0.39 is 97.5 Å². The molecule has 608 valence electrons. The molecule has 103 heavy (non-hydrogen) atoms. The summed E-state index contributed by atoms with van der Waals surface area (Å²) < 4.78 is 68.7. The minimum atomic E-state index is -4.97. The molecule has 0 heterocycles. The highest BCUT2D eigenvalue weighted by Gasteiger charge is 2.30. The van der Waals surface area contributed by atoms with E-state index in [2.05, 4.69) is 52.0 Å². The van der Waals surface area contributed by atoms with E-state index in [1.807, 2.05) is 0 Å². The summed E-state index contributed by atoms with van der Waals surface area (Å²) >= 11 is 0. The summed E-state index contributed by atoms with van der Waals surface area (Å²) in [6.45, 7) is 4.96. The number of carbonyl (C=O) groups is 4. The van der Waals surface area contributed by atoms with Gasteiger partial charge in [-0.1, -0.05) is 379 Å². The summed E-state index contributed by atoms with van der Waals surface area (Å²) in [7, 11) is -9.93. The van der Waals surface area contributed by atoms with Crippen molar-refractivity contribution in [2.24, 2.45) is 0 Å². The van der Waals surface area contributed by atoms with Crippen molar-refractivity contribution in [2.75, 3.05) is 39.6 Å². The largest absolute Gasteiger partial charge is 0.472 e. The highest BCUT2D eigenvalue weighted by atomic mass is 31.2. The molecule has 0 aromatic heterocycles. The van der Waals surface area contributed by atoms with E-state index >= 15 is 0 Å². The average Bonchev–Trinajstić information content (AvgIpc) is 0.912. The molecule has 0 spiro atoms. The molecule has 0 amide bonds. The maximum absolute atomic E-state index is 13.1. The smallest absolute Gasteiger partial charge is 0.462 e. The Labute approximate surface area is 631 Å². The second kappa shape index (κ2) is 77.7. The molecule has 0 aromatic rings. The lowest BCUT2D eigenvalue weighted by Gasteiger charge is -2.21. The zero-order valence-electron chi connectivity index (χ0n) is 66.8. The third kappa shape index (κ3) is 77.5. The van der Waals surface area contributed by atoms with Crippen molar-refractivity contribution in [2.45, 2.75) is 451 Å². The fraction of sp³-hybridized carbons (Fsp3) is 0.905. The summed E-state index contributed by atoms with van der Waals surface area (Å²) in [5.74, 6) is -2.13. The third-order valence-corrected chi connectivity index (χ3v) is 21.1. The quantitative estimate of drug-likeness (QED) is 0.0169. The number of esters is 4. The normalized spacial score (nSPS) is 13.9. The van der Waals surface area contributed by atoms with Gasteiger partial charge in [0.25, 0.3) is 0 Å². The summed E-state index contributed by atoms with van der Waals surface area (Å²) in [5, 5.41) is 10.6. The average molecular weight is 1500 g/mol. The van der Waals surface area contributed by atoms with Crippen molar-refractivity contribution in [3.63, 3.8) is 0 Å². The van der Waals surface area contributed by atoms with Crippen LogP contribution in [0.1, 0.15) is 432 Å². The highest BCUT2D eigenvalue weighted by molar-refractivity contribution is 7.47. The highest BCUT2D eigenvalue weighted by Crippen LogP contribution is 2.45. The molecule has 0 aliphatic heterocycles. The monoisotopic (exact) mass is 1500 g/mol. The van der Waals surface area contributed by atoms with E-state index in [0.29, 0.717) is 25.7 Å². The maximum Gasteiger partial charge on any atom is 0.472 e. The van der Waals surface area contributed by atoms with E-state index in [0.717, 1.165) is 103 Å². The van der Waals surface area contributed by atoms with Crippen molar-refractivity contribution in [3.05, 3.63) is 24.3 Å². The standard InChI is InChI=1S/C84H160O17P2/c1-5-9-13-17-21-25-28-31-34-36-38-40-42-45-48-51-55-59-63-67-71-84(89)101-80(75-95-82(87)69-65-61-57-53-49-46-44-41-39-37-35-32-29-26-22-18-14-10-6-2)77-99-103(92,93)97-73-78(85)72-96-102(90,91)98-76-79(74-94-81(86)68-64-60-56-52-24-20-16-12-8-4)100-83(88)70-66-62-58-54-50-47-43-33-30-27-23-19-15-11-7-3/h27,30,33,43,78-80,85H,5-26,28-29,31-32,34-42,44-77H2,1-4H3,(H,90,91)(H,92,93)/b30-27-,43-33-/t78-,79+,80+/m0/s1. The molecule has 19 heteroatoms. The predicted octanol–water partition coefficient (Wildman–Crippen LogP) is 25.3. The number of carbonyl (C=O) groups excluding carboxylic acids is 4. The Morgan fingerprint density at radius 3 is 0.709 bits per heavy atom. The zero-order valence-corrected chi connectivity index (χ0v) is 68.6. The first-order valence-corrected chi connectivity index (χ1v) is 46.1. The van der Waals surface area contributed by atoms with E-state index in [1.165, 1.54) is 250 Å². The van der Waals surface area contributed by atoms with Crippen LogP contribution in [0.25, 0.3) is 0 Å². The van der Waals surface area contributed by atoms with Crippen LogP contribution >= 0.6 is 15.6 Å². The molecular weight excluding hydrogens is 1340 g/mol. The number of phosphoric ester groups is 2. The minimum absolute atomic E-state index is 0.0857. The number of hydrogen-bond acceptors (Lipinski definition) is 15. The fourth-order valence-corrected chi connectivity index (χ4v) is 14.2. The molecular formula is C84H160O17P2. The molecule has 3 N–H and O–H groups in total. The van der Waals surface area contributed by atoms with Gasteiger partial charge in [-0.25, -0.2) is 9.13 Å². The Kier molecular flexibility index (Phi) is 75.8. The summed E-state index contributed by atoms with van der Waals surface area (Å²) in [6.07, 6.45) is 74.5. The summed E-state index contributed by atoms with van der Waals surface area (Å²) in [4.78, 5) is 73.0. The van der Waals surface area contributed by atoms with Gasteiger partial charge >= 0.3 is 39.5 Å². The van der Waals surface area contributed by atoms with E-state index in [9.17, 15) is 43.2 Å². The Morgan fingerprint density at radius 2 is 0.466 bits per heavy atom. The first-order valence-electron chi connectivity index (χ1n) is 43.1. The molecule has 0 fully saturated rings. The molecule has 0 saturated heterocycles.